The van der Waals surface area contributed by atoms with Crippen LogP contribution < -0.4 is 14.8 Å². The minimum absolute atomic E-state index is 0.147. The smallest absolute Gasteiger partial charge is 0.249 e. The molecule has 1 aliphatic rings. The predicted octanol–water partition coefficient (Wildman–Crippen LogP) is 3.97. The highest BCUT2D eigenvalue weighted by Gasteiger charge is 2.17. The summed E-state index contributed by atoms with van der Waals surface area (Å²) < 4.78 is 12.3. The van der Waals surface area contributed by atoms with Gasteiger partial charge in [-0.05, 0) is 29.3 Å². The molecule has 1 aliphatic heterocycles. The second kappa shape index (κ2) is 7.55. The van der Waals surface area contributed by atoms with Gasteiger partial charge in [0.15, 0.2) is 11.5 Å². The number of carbonyl (C=O) groups is 1. The lowest BCUT2D eigenvalue weighted by Gasteiger charge is -2.08. The van der Waals surface area contributed by atoms with E-state index in [2.05, 4.69) is 10.4 Å². The Hall–Kier alpha value is -3.25. The van der Waals surface area contributed by atoms with Crippen LogP contribution in [0.4, 0.5) is 5.82 Å². The summed E-state index contributed by atoms with van der Waals surface area (Å²) in [7, 11) is 0. The first-order chi connectivity index (χ1) is 13.2. The van der Waals surface area contributed by atoms with Gasteiger partial charge in [0, 0.05) is 12.1 Å². The van der Waals surface area contributed by atoms with Crippen molar-refractivity contribution in [3.8, 4) is 11.5 Å². The second-order valence-electron chi connectivity index (χ2n) is 5.92. The lowest BCUT2D eigenvalue weighted by Crippen LogP contribution is -2.13. The lowest BCUT2D eigenvalue weighted by atomic mass is 10.2. The van der Waals surface area contributed by atoms with E-state index in [1.165, 1.54) is 6.08 Å². The van der Waals surface area contributed by atoms with Gasteiger partial charge in [-0.3, -0.25) is 4.79 Å². The van der Waals surface area contributed by atoms with Crippen LogP contribution >= 0.6 is 11.6 Å². The highest BCUT2D eigenvalue weighted by atomic mass is 35.5. The molecule has 0 aliphatic carbocycles. The van der Waals surface area contributed by atoms with Crippen LogP contribution in [0.5, 0.6) is 11.5 Å². The maximum absolute atomic E-state index is 12.3. The second-order valence-corrected chi connectivity index (χ2v) is 6.33. The summed E-state index contributed by atoms with van der Waals surface area (Å²) in [4.78, 5) is 12.3. The van der Waals surface area contributed by atoms with Gasteiger partial charge >= 0.3 is 0 Å². The number of fused-ring (bicyclic) bond motifs is 1. The number of nitrogens with zero attached hydrogens (tertiary/aromatic N) is 2. The van der Waals surface area contributed by atoms with Gasteiger partial charge < -0.3 is 14.8 Å². The number of rotatable bonds is 5. The SMILES string of the molecule is O=C(/C=C/c1cc(Cl)c2c(c1)OCO2)Nc1ccnn1Cc1ccccc1. The standard InChI is InChI=1S/C20H16ClN3O3/c21-16-10-15(11-17-20(16)27-13-26-17)6-7-19(25)23-18-8-9-22-24(18)12-14-4-2-1-3-5-14/h1-11H,12-13H2,(H,23,25)/b7-6+. The van der Waals surface area contributed by atoms with E-state index in [1.54, 1.807) is 35.2 Å². The average Bonchev–Trinajstić information content (AvgIpc) is 3.31. The van der Waals surface area contributed by atoms with Gasteiger partial charge in [0.2, 0.25) is 12.7 Å². The number of amides is 1. The molecule has 1 aromatic heterocycles. The summed E-state index contributed by atoms with van der Waals surface area (Å²) >= 11 is 6.15. The minimum atomic E-state index is -0.265. The Kier molecular flexibility index (Phi) is 4.80. The molecule has 0 spiro atoms. The van der Waals surface area contributed by atoms with Gasteiger partial charge in [-0.25, -0.2) is 4.68 Å². The van der Waals surface area contributed by atoms with Crippen molar-refractivity contribution in [2.75, 3.05) is 12.1 Å². The zero-order valence-corrected chi connectivity index (χ0v) is 15.0. The Labute approximate surface area is 161 Å². The highest BCUT2D eigenvalue weighted by molar-refractivity contribution is 6.32. The van der Waals surface area contributed by atoms with Crippen molar-refractivity contribution in [2.24, 2.45) is 0 Å². The third-order valence-corrected chi connectivity index (χ3v) is 4.30. The van der Waals surface area contributed by atoms with Gasteiger partial charge in [0.25, 0.3) is 0 Å². The normalized spacial score (nSPS) is 12.5. The van der Waals surface area contributed by atoms with Crippen LogP contribution in [-0.2, 0) is 11.3 Å². The molecule has 0 atom stereocenters. The summed E-state index contributed by atoms with van der Waals surface area (Å²) in [6.07, 6.45) is 4.76. The van der Waals surface area contributed by atoms with Crippen LogP contribution in [-0.4, -0.2) is 22.5 Å². The first-order valence-electron chi connectivity index (χ1n) is 8.33. The van der Waals surface area contributed by atoms with Crippen molar-refractivity contribution in [1.82, 2.24) is 9.78 Å². The fourth-order valence-electron chi connectivity index (χ4n) is 2.74. The molecule has 2 heterocycles. The summed E-state index contributed by atoms with van der Waals surface area (Å²) in [6.45, 7) is 0.721. The zero-order valence-electron chi connectivity index (χ0n) is 14.3. The zero-order chi connectivity index (χ0) is 18.6. The van der Waals surface area contributed by atoms with Gasteiger partial charge in [0.1, 0.15) is 5.82 Å². The molecule has 1 N–H and O–H groups in total. The van der Waals surface area contributed by atoms with Gasteiger partial charge in [-0.2, -0.15) is 5.10 Å². The van der Waals surface area contributed by atoms with Crippen LogP contribution in [0.3, 0.4) is 0 Å². The molecule has 136 valence electrons. The van der Waals surface area contributed by atoms with E-state index in [1.807, 2.05) is 30.3 Å². The largest absolute Gasteiger partial charge is 0.454 e. The number of halogens is 1. The maximum Gasteiger partial charge on any atom is 0.249 e. The maximum atomic E-state index is 12.3. The number of ether oxygens (including phenoxy) is 2. The van der Waals surface area contributed by atoms with Crippen molar-refractivity contribution in [2.45, 2.75) is 6.54 Å². The first-order valence-corrected chi connectivity index (χ1v) is 8.71. The quantitative estimate of drug-likeness (QED) is 0.679. The molecule has 0 saturated heterocycles. The molecule has 6 nitrogen and oxygen atoms in total. The first kappa shape index (κ1) is 17.2. The van der Waals surface area contributed by atoms with Gasteiger partial charge in [-0.1, -0.05) is 41.9 Å². The molecule has 0 bridgehead atoms. The van der Waals surface area contributed by atoms with Crippen molar-refractivity contribution in [1.29, 1.82) is 0 Å². The summed E-state index contributed by atoms with van der Waals surface area (Å²) in [5.41, 5.74) is 1.85. The Balaban J connectivity index is 1.44. The Morgan fingerprint density at radius 1 is 1.22 bits per heavy atom. The van der Waals surface area contributed by atoms with E-state index < -0.39 is 0 Å². The van der Waals surface area contributed by atoms with Crippen LogP contribution in [0.1, 0.15) is 11.1 Å². The molecule has 0 unspecified atom stereocenters. The number of aromatic nitrogens is 2. The molecule has 27 heavy (non-hydrogen) atoms. The van der Waals surface area contributed by atoms with Crippen molar-refractivity contribution < 1.29 is 14.3 Å². The van der Waals surface area contributed by atoms with Crippen molar-refractivity contribution in [3.05, 3.63) is 77.0 Å². The van der Waals surface area contributed by atoms with Crippen LogP contribution in [0.2, 0.25) is 5.02 Å². The molecule has 3 aromatic rings. The number of anilines is 1. The monoisotopic (exact) mass is 381 g/mol. The Morgan fingerprint density at radius 3 is 2.93 bits per heavy atom. The van der Waals surface area contributed by atoms with Crippen LogP contribution in [0.15, 0.2) is 60.8 Å². The van der Waals surface area contributed by atoms with E-state index in [0.717, 1.165) is 11.1 Å². The average molecular weight is 382 g/mol. The molecule has 4 rings (SSSR count). The highest BCUT2D eigenvalue weighted by Crippen LogP contribution is 2.40. The summed E-state index contributed by atoms with van der Waals surface area (Å²) in [6, 6.07) is 15.2. The third kappa shape index (κ3) is 3.96. The number of hydrogen-bond donors (Lipinski definition) is 1. The van der Waals surface area contributed by atoms with Crippen molar-refractivity contribution >= 4 is 29.4 Å². The van der Waals surface area contributed by atoms with Crippen LogP contribution in [0, 0.1) is 0 Å². The number of benzene rings is 2. The topological polar surface area (TPSA) is 65.4 Å². The molecule has 0 radical (unpaired) electrons. The van der Waals surface area contributed by atoms with E-state index in [0.29, 0.717) is 28.9 Å². The summed E-state index contributed by atoms with van der Waals surface area (Å²) in [5.74, 6) is 1.46. The predicted molar refractivity (Wildman–Crippen MR) is 103 cm³/mol. The Bertz CT molecular complexity index is 999. The number of carbonyl (C=O) groups excluding carboxylic acids is 1. The molecular weight excluding hydrogens is 366 g/mol. The lowest BCUT2D eigenvalue weighted by molar-refractivity contribution is -0.111. The molecule has 7 heteroatoms. The fraction of sp³-hybridized carbons (Fsp3) is 0.100. The molecule has 0 fully saturated rings. The Morgan fingerprint density at radius 2 is 2.07 bits per heavy atom. The number of nitrogens with one attached hydrogen (secondary N) is 1. The fourth-order valence-corrected chi connectivity index (χ4v) is 3.02. The molecule has 1 amide bonds. The molecule has 0 saturated carbocycles. The van der Waals surface area contributed by atoms with E-state index in [9.17, 15) is 4.79 Å². The minimum Gasteiger partial charge on any atom is -0.454 e. The van der Waals surface area contributed by atoms with Gasteiger partial charge in [0.05, 0.1) is 17.8 Å². The van der Waals surface area contributed by atoms with Crippen LogP contribution in [0.25, 0.3) is 6.08 Å². The molecule has 2 aromatic carbocycles. The van der Waals surface area contributed by atoms with E-state index >= 15 is 0 Å². The third-order valence-electron chi connectivity index (χ3n) is 4.02. The number of hydrogen-bond acceptors (Lipinski definition) is 4. The van der Waals surface area contributed by atoms with E-state index in [-0.39, 0.29) is 12.7 Å². The molecular formula is C20H16ClN3O3. The van der Waals surface area contributed by atoms with E-state index in [4.69, 9.17) is 21.1 Å². The summed E-state index contributed by atoms with van der Waals surface area (Å²) in [5, 5.41) is 7.55. The van der Waals surface area contributed by atoms with Gasteiger partial charge in [-0.15, -0.1) is 0 Å². The van der Waals surface area contributed by atoms with Crippen molar-refractivity contribution in [3.63, 3.8) is 0 Å².